The van der Waals surface area contributed by atoms with Crippen molar-refractivity contribution < 1.29 is 0 Å². The Balaban J connectivity index is 0.000000444. The molecule has 0 aromatic heterocycles. The maximum atomic E-state index is 2.24. The summed E-state index contributed by atoms with van der Waals surface area (Å²) in [6.07, 6.45) is 2.64. The summed E-state index contributed by atoms with van der Waals surface area (Å²) in [5.41, 5.74) is 8.06. The van der Waals surface area contributed by atoms with Gasteiger partial charge in [0.2, 0.25) is 0 Å². The van der Waals surface area contributed by atoms with E-state index in [0.717, 1.165) is 0 Å². The quantitative estimate of drug-likeness (QED) is 0.591. The molecule has 0 radical (unpaired) electrons. The van der Waals surface area contributed by atoms with E-state index in [-0.39, 0.29) is 0 Å². The molecular formula is C20H28. The Morgan fingerprint density at radius 1 is 0.600 bits per heavy atom. The molecule has 0 spiro atoms. The van der Waals surface area contributed by atoms with Gasteiger partial charge in [0.25, 0.3) is 0 Å². The molecule has 0 amide bonds. The van der Waals surface area contributed by atoms with Crippen molar-refractivity contribution in [1.82, 2.24) is 0 Å². The summed E-state index contributed by atoms with van der Waals surface area (Å²) in [4.78, 5) is 0. The first kappa shape index (κ1) is 16.5. The first-order chi connectivity index (χ1) is 9.49. The van der Waals surface area contributed by atoms with E-state index in [0.29, 0.717) is 0 Å². The zero-order valence-corrected chi connectivity index (χ0v) is 13.9. The maximum Gasteiger partial charge on any atom is -0.0152 e. The van der Waals surface area contributed by atoms with Gasteiger partial charge in [-0.2, -0.15) is 0 Å². The van der Waals surface area contributed by atoms with Crippen molar-refractivity contribution in [3.05, 3.63) is 58.7 Å². The molecule has 2 rings (SSSR count). The molecule has 0 heteroatoms. The van der Waals surface area contributed by atoms with Crippen molar-refractivity contribution in [1.29, 1.82) is 0 Å². The summed E-state index contributed by atoms with van der Waals surface area (Å²) >= 11 is 0. The molecule has 0 saturated carbocycles. The number of hydrogen-bond donors (Lipinski definition) is 0. The van der Waals surface area contributed by atoms with Gasteiger partial charge in [0.05, 0.1) is 0 Å². The van der Waals surface area contributed by atoms with E-state index in [9.17, 15) is 0 Å². The Bertz CT molecular complexity index is 498. The molecule has 2 aromatic rings. The normalized spacial score (nSPS) is 9.90. The molecule has 20 heavy (non-hydrogen) atoms. The van der Waals surface area contributed by atoms with E-state index in [1.54, 1.807) is 0 Å². The molecule has 0 aliphatic heterocycles. The molecule has 0 aliphatic rings. The third-order valence-electron chi connectivity index (χ3n) is 3.55. The Labute approximate surface area is 124 Å². The van der Waals surface area contributed by atoms with Gasteiger partial charge < -0.3 is 0 Å². The second-order valence-electron chi connectivity index (χ2n) is 5.64. The number of rotatable bonds is 2. The summed E-state index contributed by atoms with van der Waals surface area (Å²) in [5, 5.41) is 0. The second-order valence-corrected chi connectivity index (χ2v) is 5.64. The number of aryl methyl sites for hydroxylation is 4. The predicted molar refractivity (Wildman–Crippen MR) is 91.4 cm³/mol. The molecule has 0 bridgehead atoms. The van der Waals surface area contributed by atoms with E-state index in [1.807, 2.05) is 0 Å². The van der Waals surface area contributed by atoms with E-state index >= 15 is 0 Å². The molecule has 0 saturated heterocycles. The van der Waals surface area contributed by atoms with Crippen LogP contribution in [0.15, 0.2) is 36.4 Å². The zero-order chi connectivity index (χ0) is 15.1. The van der Waals surface area contributed by atoms with E-state index in [2.05, 4.69) is 77.9 Å². The van der Waals surface area contributed by atoms with Crippen molar-refractivity contribution >= 4 is 0 Å². The van der Waals surface area contributed by atoms with Crippen LogP contribution in [0, 0.1) is 27.7 Å². The third kappa shape index (κ3) is 4.52. The first-order valence-electron chi connectivity index (χ1n) is 7.64. The van der Waals surface area contributed by atoms with Crippen molar-refractivity contribution in [2.75, 3.05) is 0 Å². The molecule has 2 aromatic carbocycles. The molecule has 0 N–H and O–H groups in total. The summed E-state index contributed by atoms with van der Waals surface area (Å²) in [7, 11) is 0. The topological polar surface area (TPSA) is 0 Å². The van der Waals surface area contributed by atoms with Crippen LogP contribution in [0.5, 0.6) is 0 Å². The average Bonchev–Trinajstić information content (AvgIpc) is 2.40. The Morgan fingerprint density at radius 3 is 1.20 bits per heavy atom. The summed E-state index contributed by atoms with van der Waals surface area (Å²) < 4.78 is 0. The highest BCUT2D eigenvalue weighted by molar-refractivity contribution is 5.71. The van der Waals surface area contributed by atoms with Gasteiger partial charge in [0.1, 0.15) is 0 Å². The van der Waals surface area contributed by atoms with Crippen LogP contribution < -0.4 is 0 Å². The fourth-order valence-corrected chi connectivity index (χ4v) is 2.23. The fourth-order valence-electron chi connectivity index (χ4n) is 2.23. The molecule has 0 aliphatic carbocycles. The van der Waals surface area contributed by atoms with Crippen LogP contribution in [0.3, 0.4) is 0 Å². The highest BCUT2D eigenvalue weighted by Crippen LogP contribution is 2.27. The van der Waals surface area contributed by atoms with Gasteiger partial charge in [-0.3, -0.25) is 0 Å². The largest absolute Gasteiger partial charge is 0.0654 e. The highest BCUT2D eigenvalue weighted by Gasteiger charge is 2.04. The molecule has 108 valence electrons. The zero-order valence-electron chi connectivity index (χ0n) is 13.9. The van der Waals surface area contributed by atoms with Crippen LogP contribution >= 0.6 is 0 Å². The van der Waals surface area contributed by atoms with Crippen molar-refractivity contribution in [2.45, 2.75) is 54.4 Å². The Morgan fingerprint density at radius 2 is 0.950 bits per heavy atom. The van der Waals surface area contributed by atoms with Crippen molar-refractivity contribution in [3.63, 3.8) is 0 Å². The first-order valence-corrected chi connectivity index (χ1v) is 7.64. The fraction of sp³-hybridized carbons (Fsp3) is 0.400. The number of benzene rings is 2. The predicted octanol–water partition coefficient (Wildman–Crippen LogP) is 6.39. The van der Waals surface area contributed by atoms with Gasteiger partial charge in [0.15, 0.2) is 0 Å². The molecule has 0 fully saturated rings. The summed E-state index contributed by atoms with van der Waals surface area (Å²) in [6.45, 7) is 13.0. The lowest BCUT2D eigenvalue weighted by molar-refractivity contribution is 0.886. The van der Waals surface area contributed by atoms with Gasteiger partial charge in [-0.1, -0.05) is 74.2 Å². The molecule has 0 atom stereocenters. The van der Waals surface area contributed by atoms with Crippen LogP contribution in [-0.4, -0.2) is 0 Å². The third-order valence-corrected chi connectivity index (χ3v) is 3.55. The summed E-state index contributed by atoms with van der Waals surface area (Å²) in [6, 6.07) is 13.3. The van der Waals surface area contributed by atoms with Gasteiger partial charge in [0, 0.05) is 0 Å². The molecule has 0 nitrogen and oxygen atoms in total. The van der Waals surface area contributed by atoms with Crippen LogP contribution in [0.1, 0.15) is 48.9 Å². The minimum absolute atomic E-state index is 1.32. The number of unbranched alkanes of at least 4 members (excludes halogenated alkanes) is 1. The molecular weight excluding hydrogens is 240 g/mol. The van der Waals surface area contributed by atoms with Crippen LogP contribution in [0.25, 0.3) is 11.1 Å². The van der Waals surface area contributed by atoms with Gasteiger partial charge in [-0.15, -0.1) is 0 Å². The summed E-state index contributed by atoms with van der Waals surface area (Å²) in [5.74, 6) is 0. The van der Waals surface area contributed by atoms with E-state index < -0.39 is 0 Å². The van der Waals surface area contributed by atoms with Crippen molar-refractivity contribution in [2.24, 2.45) is 0 Å². The molecule has 0 heterocycles. The SMILES string of the molecule is CCCC.Cc1ccc(-c2ccc(C)cc2C)c(C)c1. The highest BCUT2D eigenvalue weighted by atomic mass is 14.1. The smallest absolute Gasteiger partial charge is 0.0152 e. The van der Waals surface area contributed by atoms with Crippen LogP contribution in [-0.2, 0) is 0 Å². The van der Waals surface area contributed by atoms with Crippen LogP contribution in [0.4, 0.5) is 0 Å². The van der Waals surface area contributed by atoms with Gasteiger partial charge in [-0.25, -0.2) is 0 Å². The Kier molecular flexibility index (Phi) is 6.51. The van der Waals surface area contributed by atoms with Crippen LogP contribution in [0.2, 0.25) is 0 Å². The van der Waals surface area contributed by atoms with E-state index in [1.165, 1.54) is 46.2 Å². The number of hydrogen-bond acceptors (Lipinski definition) is 0. The lowest BCUT2D eigenvalue weighted by Crippen LogP contribution is -1.88. The lowest BCUT2D eigenvalue weighted by Gasteiger charge is -2.10. The lowest BCUT2D eigenvalue weighted by atomic mass is 9.94. The van der Waals surface area contributed by atoms with Gasteiger partial charge in [-0.05, 0) is 49.9 Å². The second kappa shape index (κ2) is 7.89. The van der Waals surface area contributed by atoms with Crippen molar-refractivity contribution in [3.8, 4) is 11.1 Å². The minimum atomic E-state index is 1.32. The minimum Gasteiger partial charge on any atom is -0.0654 e. The van der Waals surface area contributed by atoms with Gasteiger partial charge >= 0.3 is 0 Å². The standard InChI is InChI=1S/C16H18.C4H10/c1-11-5-7-15(13(3)9-11)16-8-6-12(2)10-14(16)4;1-3-4-2/h5-10H,1-4H3;3-4H2,1-2H3. The Hall–Kier alpha value is -1.56. The molecule has 0 unspecified atom stereocenters. The van der Waals surface area contributed by atoms with E-state index in [4.69, 9.17) is 0 Å². The monoisotopic (exact) mass is 268 g/mol. The maximum absolute atomic E-state index is 2.24. The average molecular weight is 268 g/mol.